The molecule has 1 saturated carbocycles. The fourth-order valence-corrected chi connectivity index (χ4v) is 3.55. The Morgan fingerprint density at radius 2 is 2.22 bits per heavy atom. The van der Waals surface area contributed by atoms with Gasteiger partial charge in [-0.2, -0.15) is 5.10 Å². The zero-order chi connectivity index (χ0) is 16.6. The average Bonchev–Trinajstić information content (AvgIpc) is 3.02. The molecule has 1 atom stereocenters. The van der Waals surface area contributed by atoms with Crippen molar-refractivity contribution in [2.24, 2.45) is 19.5 Å². The predicted molar refractivity (Wildman–Crippen MR) is 87.2 cm³/mol. The molecule has 0 bridgehead atoms. The zero-order valence-electron chi connectivity index (χ0n) is 13.3. The van der Waals surface area contributed by atoms with Crippen LogP contribution in [0.3, 0.4) is 0 Å². The molecule has 1 aliphatic carbocycles. The summed E-state index contributed by atoms with van der Waals surface area (Å²) in [7, 11) is 3.62. The van der Waals surface area contributed by atoms with E-state index in [0.717, 1.165) is 24.8 Å². The first-order valence-electron chi connectivity index (χ1n) is 7.67. The number of rotatable bonds is 5. The predicted octanol–water partition coefficient (Wildman–Crippen LogP) is 2.05. The summed E-state index contributed by atoms with van der Waals surface area (Å²) in [6.07, 6.45) is 8.16. The minimum Gasteiger partial charge on any atom is -0.396 e. The molecule has 0 aromatic carbocycles. The number of hydrogen-bond acceptors (Lipinski definition) is 3. The van der Waals surface area contributed by atoms with Gasteiger partial charge in [0.1, 0.15) is 5.69 Å². The van der Waals surface area contributed by atoms with E-state index in [1.165, 1.54) is 0 Å². The Balaban J connectivity index is 1.90. The van der Waals surface area contributed by atoms with Crippen molar-refractivity contribution in [3.05, 3.63) is 40.9 Å². The second kappa shape index (κ2) is 6.02. The van der Waals surface area contributed by atoms with Crippen molar-refractivity contribution in [2.45, 2.75) is 25.3 Å². The summed E-state index contributed by atoms with van der Waals surface area (Å²) in [5.74, 6) is -0.201. The van der Waals surface area contributed by atoms with Gasteiger partial charge in [-0.05, 0) is 18.9 Å². The largest absolute Gasteiger partial charge is 0.396 e. The average molecular weight is 337 g/mol. The van der Waals surface area contributed by atoms with Crippen LogP contribution >= 0.6 is 11.6 Å². The van der Waals surface area contributed by atoms with Gasteiger partial charge in [-0.25, -0.2) is 0 Å². The van der Waals surface area contributed by atoms with Crippen LogP contribution in [0, 0.1) is 5.41 Å². The zero-order valence-corrected chi connectivity index (χ0v) is 14.0. The van der Waals surface area contributed by atoms with Gasteiger partial charge < -0.3 is 15.0 Å². The van der Waals surface area contributed by atoms with Gasteiger partial charge in [-0.1, -0.05) is 18.0 Å². The molecule has 7 heteroatoms. The summed E-state index contributed by atoms with van der Waals surface area (Å²) in [4.78, 5) is 12.7. The van der Waals surface area contributed by atoms with Crippen molar-refractivity contribution >= 4 is 17.5 Å². The molecule has 124 valence electrons. The molecular formula is C16H21ClN4O2. The lowest BCUT2D eigenvalue weighted by atomic mass is 9.63. The SMILES string of the molecule is Cn1cc(C(NC(=O)c2cc(Cl)cn2C)C2(CO)CCC2)cn1. The van der Waals surface area contributed by atoms with E-state index in [-0.39, 0.29) is 24.0 Å². The van der Waals surface area contributed by atoms with Crippen LogP contribution in [0.15, 0.2) is 24.7 Å². The Kier molecular flexibility index (Phi) is 4.21. The maximum atomic E-state index is 12.7. The van der Waals surface area contributed by atoms with E-state index in [1.807, 2.05) is 13.2 Å². The van der Waals surface area contributed by atoms with Crippen LogP contribution in [-0.2, 0) is 14.1 Å². The smallest absolute Gasteiger partial charge is 0.268 e. The second-order valence-corrected chi connectivity index (χ2v) is 6.82. The molecule has 1 fully saturated rings. The summed E-state index contributed by atoms with van der Waals surface area (Å²) in [5, 5.41) is 17.7. The first-order valence-corrected chi connectivity index (χ1v) is 8.05. The lowest BCUT2D eigenvalue weighted by molar-refractivity contribution is 0.00586. The number of aliphatic hydroxyl groups excluding tert-OH is 1. The number of aliphatic hydroxyl groups is 1. The van der Waals surface area contributed by atoms with E-state index in [9.17, 15) is 9.90 Å². The van der Waals surface area contributed by atoms with Crippen LogP contribution in [0.1, 0.15) is 41.4 Å². The van der Waals surface area contributed by atoms with Crippen molar-refractivity contribution in [3.8, 4) is 0 Å². The maximum Gasteiger partial charge on any atom is 0.268 e. The van der Waals surface area contributed by atoms with Crippen LogP contribution in [0.4, 0.5) is 0 Å². The molecule has 2 aromatic heterocycles. The maximum absolute atomic E-state index is 12.7. The fraction of sp³-hybridized carbons (Fsp3) is 0.500. The van der Waals surface area contributed by atoms with Gasteiger partial charge in [0.05, 0.1) is 23.9 Å². The molecule has 1 unspecified atom stereocenters. The Morgan fingerprint density at radius 1 is 1.48 bits per heavy atom. The number of aromatic nitrogens is 3. The monoisotopic (exact) mass is 336 g/mol. The summed E-state index contributed by atoms with van der Waals surface area (Å²) < 4.78 is 3.40. The Hall–Kier alpha value is -1.79. The third-order valence-corrected chi connectivity index (χ3v) is 5.02. The lowest BCUT2D eigenvalue weighted by Gasteiger charge is -2.46. The van der Waals surface area contributed by atoms with E-state index in [0.29, 0.717) is 10.7 Å². The fourth-order valence-electron chi connectivity index (χ4n) is 3.30. The Labute approximate surface area is 140 Å². The van der Waals surface area contributed by atoms with Gasteiger partial charge >= 0.3 is 0 Å². The van der Waals surface area contributed by atoms with Crippen LogP contribution < -0.4 is 5.32 Å². The topological polar surface area (TPSA) is 72.1 Å². The highest BCUT2D eigenvalue weighted by molar-refractivity contribution is 6.31. The third-order valence-electron chi connectivity index (χ3n) is 4.81. The third kappa shape index (κ3) is 2.88. The minimum absolute atomic E-state index is 0.0424. The van der Waals surface area contributed by atoms with Crippen molar-refractivity contribution in [2.75, 3.05) is 6.61 Å². The molecule has 2 N–H and O–H groups in total. The molecular weight excluding hydrogens is 316 g/mol. The lowest BCUT2D eigenvalue weighted by Crippen LogP contribution is -2.47. The highest BCUT2D eigenvalue weighted by Gasteiger charge is 2.45. The molecule has 23 heavy (non-hydrogen) atoms. The molecule has 2 aromatic rings. The van der Waals surface area contributed by atoms with E-state index < -0.39 is 0 Å². The standard InChI is InChI=1S/C16H21ClN4O2/c1-20-9-12(17)6-13(20)15(23)19-14(11-7-18-21(2)8-11)16(10-22)4-3-5-16/h6-9,14,22H,3-5,10H2,1-2H3,(H,19,23). The molecule has 0 spiro atoms. The molecule has 1 aliphatic rings. The van der Waals surface area contributed by atoms with Crippen molar-refractivity contribution in [3.63, 3.8) is 0 Å². The Morgan fingerprint density at radius 3 is 2.65 bits per heavy atom. The van der Waals surface area contributed by atoms with Crippen molar-refractivity contribution in [1.29, 1.82) is 0 Å². The minimum atomic E-state index is -0.312. The van der Waals surface area contributed by atoms with E-state index >= 15 is 0 Å². The molecule has 0 saturated heterocycles. The number of nitrogens with zero attached hydrogens (tertiary/aromatic N) is 3. The number of aryl methyl sites for hydroxylation is 2. The van der Waals surface area contributed by atoms with Gasteiger partial charge in [0.15, 0.2) is 0 Å². The van der Waals surface area contributed by atoms with Gasteiger partial charge in [-0.15, -0.1) is 0 Å². The number of halogens is 1. The van der Waals surface area contributed by atoms with Gasteiger partial charge in [0.25, 0.3) is 5.91 Å². The number of carbonyl (C=O) groups is 1. The van der Waals surface area contributed by atoms with Crippen LogP contribution in [-0.4, -0.2) is 32.0 Å². The highest BCUT2D eigenvalue weighted by Crippen LogP contribution is 2.49. The first-order chi connectivity index (χ1) is 10.9. The molecule has 2 heterocycles. The quantitative estimate of drug-likeness (QED) is 0.877. The normalized spacial score (nSPS) is 17.6. The van der Waals surface area contributed by atoms with E-state index in [4.69, 9.17) is 11.6 Å². The number of nitrogens with one attached hydrogen (secondary N) is 1. The van der Waals surface area contributed by atoms with Crippen molar-refractivity contribution < 1.29 is 9.90 Å². The summed E-state index contributed by atoms with van der Waals surface area (Å²) >= 11 is 5.97. The molecule has 0 radical (unpaired) electrons. The molecule has 6 nitrogen and oxygen atoms in total. The van der Waals surface area contributed by atoms with Crippen LogP contribution in [0.25, 0.3) is 0 Å². The molecule has 1 amide bonds. The van der Waals surface area contributed by atoms with Gasteiger partial charge in [-0.3, -0.25) is 9.48 Å². The first kappa shape index (κ1) is 16.1. The summed E-state index contributed by atoms with van der Waals surface area (Å²) in [6, 6.07) is 1.37. The summed E-state index contributed by atoms with van der Waals surface area (Å²) in [5.41, 5.74) is 1.10. The van der Waals surface area contributed by atoms with E-state index in [2.05, 4.69) is 10.4 Å². The second-order valence-electron chi connectivity index (χ2n) is 6.38. The summed E-state index contributed by atoms with van der Waals surface area (Å²) in [6.45, 7) is 0.0424. The van der Waals surface area contributed by atoms with E-state index in [1.54, 1.807) is 34.8 Å². The Bertz CT molecular complexity index is 712. The van der Waals surface area contributed by atoms with Gasteiger partial charge in [0, 0.05) is 37.5 Å². The van der Waals surface area contributed by atoms with Crippen LogP contribution in [0.2, 0.25) is 5.02 Å². The van der Waals surface area contributed by atoms with Crippen LogP contribution in [0.5, 0.6) is 0 Å². The van der Waals surface area contributed by atoms with Gasteiger partial charge in [0.2, 0.25) is 0 Å². The highest BCUT2D eigenvalue weighted by atomic mass is 35.5. The number of amides is 1. The van der Waals surface area contributed by atoms with Crippen molar-refractivity contribution in [1.82, 2.24) is 19.7 Å². The molecule has 3 rings (SSSR count). The number of carbonyl (C=O) groups excluding carboxylic acids is 1. The molecule has 0 aliphatic heterocycles. The number of hydrogen-bond donors (Lipinski definition) is 2.